The van der Waals surface area contributed by atoms with Gasteiger partial charge in [0.05, 0.1) is 11.6 Å². The first kappa shape index (κ1) is 14.2. The fourth-order valence-electron chi connectivity index (χ4n) is 1.84. The zero-order valence-electron chi connectivity index (χ0n) is 11.3. The van der Waals surface area contributed by atoms with Crippen LogP contribution in [0.1, 0.15) is 19.4 Å². The average Bonchev–Trinajstić information content (AvgIpc) is 2.48. The zero-order chi connectivity index (χ0) is 14.5. The summed E-state index contributed by atoms with van der Waals surface area (Å²) in [5.41, 5.74) is 1.31. The normalized spacial score (nSPS) is 10.1. The number of aromatic nitrogens is 3. The maximum Gasteiger partial charge on any atom is 0.230 e. The lowest BCUT2D eigenvalue weighted by molar-refractivity contribution is 0.813. The van der Waals surface area contributed by atoms with Crippen LogP contribution >= 0.6 is 11.6 Å². The minimum atomic E-state index is 0.152. The summed E-state index contributed by atoms with van der Waals surface area (Å²) in [6.45, 7) is 5.62. The molecule has 0 aliphatic rings. The second-order valence-electron chi connectivity index (χ2n) is 4.09. The second-order valence-corrected chi connectivity index (χ2v) is 4.43. The molecule has 20 heavy (non-hydrogen) atoms. The van der Waals surface area contributed by atoms with E-state index in [-0.39, 0.29) is 5.28 Å². The van der Waals surface area contributed by atoms with Gasteiger partial charge in [-0.3, -0.25) is 0 Å². The highest BCUT2D eigenvalue weighted by Crippen LogP contribution is 2.20. The Kier molecular flexibility index (Phi) is 4.49. The van der Waals surface area contributed by atoms with E-state index in [4.69, 9.17) is 16.9 Å². The number of nitrogens with zero attached hydrogens (tertiary/aromatic N) is 5. The van der Waals surface area contributed by atoms with Gasteiger partial charge in [-0.05, 0) is 37.6 Å². The molecule has 6 heteroatoms. The lowest BCUT2D eigenvalue weighted by Crippen LogP contribution is -2.24. The summed E-state index contributed by atoms with van der Waals surface area (Å²) in [4.78, 5) is 14.7. The van der Waals surface area contributed by atoms with Crippen molar-refractivity contribution in [2.75, 3.05) is 18.0 Å². The van der Waals surface area contributed by atoms with E-state index in [2.05, 4.69) is 21.0 Å². The van der Waals surface area contributed by atoms with Crippen LogP contribution in [-0.2, 0) is 0 Å². The lowest BCUT2D eigenvalue weighted by atomic mass is 10.1. The molecule has 0 aliphatic carbocycles. The minimum Gasteiger partial charge on any atom is -0.341 e. The van der Waals surface area contributed by atoms with Crippen molar-refractivity contribution in [1.82, 2.24) is 15.0 Å². The van der Waals surface area contributed by atoms with Crippen molar-refractivity contribution < 1.29 is 0 Å². The number of hydrogen-bond acceptors (Lipinski definition) is 5. The molecular weight excluding hydrogens is 274 g/mol. The van der Waals surface area contributed by atoms with Crippen LogP contribution in [0.4, 0.5) is 5.95 Å². The lowest BCUT2D eigenvalue weighted by Gasteiger charge is -2.18. The van der Waals surface area contributed by atoms with E-state index in [0.29, 0.717) is 17.3 Å². The third-order valence-corrected chi connectivity index (χ3v) is 3.06. The molecule has 1 aromatic carbocycles. The number of halogens is 1. The predicted octanol–water partition coefficient (Wildman–Crippen LogP) is 2.91. The van der Waals surface area contributed by atoms with E-state index < -0.39 is 0 Å². The highest BCUT2D eigenvalue weighted by molar-refractivity contribution is 6.28. The van der Waals surface area contributed by atoms with Gasteiger partial charge in [0.15, 0.2) is 5.82 Å². The number of hydrogen-bond donors (Lipinski definition) is 0. The van der Waals surface area contributed by atoms with Gasteiger partial charge in [-0.15, -0.1) is 0 Å². The average molecular weight is 288 g/mol. The topological polar surface area (TPSA) is 65.7 Å². The molecule has 5 nitrogen and oxygen atoms in total. The largest absolute Gasteiger partial charge is 0.341 e. The van der Waals surface area contributed by atoms with Crippen molar-refractivity contribution in [2.45, 2.75) is 13.8 Å². The van der Waals surface area contributed by atoms with Crippen molar-refractivity contribution in [3.05, 3.63) is 35.1 Å². The molecule has 2 rings (SSSR count). The van der Waals surface area contributed by atoms with Crippen molar-refractivity contribution in [1.29, 1.82) is 5.26 Å². The Morgan fingerprint density at radius 1 is 1.20 bits per heavy atom. The number of anilines is 1. The quantitative estimate of drug-likeness (QED) is 0.865. The molecule has 0 radical (unpaired) electrons. The molecule has 2 aromatic rings. The van der Waals surface area contributed by atoms with E-state index in [9.17, 15) is 0 Å². The molecule has 102 valence electrons. The highest BCUT2D eigenvalue weighted by Gasteiger charge is 2.11. The summed E-state index contributed by atoms with van der Waals surface area (Å²) in [5.74, 6) is 1.02. The van der Waals surface area contributed by atoms with Gasteiger partial charge in [-0.2, -0.15) is 20.2 Å². The van der Waals surface area contributed by atoms with E-state index in [0.717, 1.165) is 18.7 Å². The highest BCUT2D eigenvalue weighted by atomic mass is 35.5. The van der Waals surface area contributed by atoms with Crippen LogP contribution in [0, 0.1) is 11.3 Å². The molecule has 0 bridgehead atoms. The number of benzene rings is 1. The third-order valence-electron chi connectivity index (χ3n) is 2.89. The summed E-state index contributed by atoms with van der Waals surface area (Å²) in [7, 11) is 0. The molecule has 0 amide bonds. The summed E-state index contributed by atoms with van der Waals surface area (Å²) >= 11 is 5.98. The van der Waals surface area contributed by atoms with Crippen molar-refractivity contribution in [2.24, 2.45) is 0 Å². The second kappa shape index (κ2) is 6.31. The Morgan fingerprint density at radius 2 is 1.95 bits per heavy atom. The fourth-order valence-corrected chi connectivity index (χ4v) is 2.00. The van der Waals surface area contributed by atoms with Gasteiger partial charge < -0.3 is 4.90 Å². The first-order chi connectivity index (χ1) is 9.67. The predicted molar refractivity (Wildman–Crippen MR) is 78.5 cm³/mol. The first-order valence-electron chi connectivity index (χ1n) is 6.35. The van der Waals surface area contributed by atoms with Crippen molar-refractivity contribution >= 4 is 17.5 Å². The van der Waals surface area contributed by atoms with Gasteiger partial charge in [-0.25, -0.2) is 0 Å². The van der Waals surface area contributed by atoms with Crippen molar-refractivity contribution in [3.8, 4) is 17.5 Å². The number of nitriles is 1. The molecule has 0 unspecified atom stereocenters. The fraction of sp³-hybridized carbons (Fsp3) is 0.286. The van der Waals surface area contributed by atoms with E-state index in [1.165, 1.54) is 0 Å². The molecule has 1 heterocycles. The van der Waals surface area contributed by atoms with Crippen molar-refractivity contribution in [3.63, 3.8) is 0 Å². The molecule has 0 aliphatic heterocycles. The van der Waals surface area contributed by atoms with Gasteiger partial charge in [0, 0.05) is 18.7 Å². The smallest absolute Gasteiger partial charge is 0.230 e. The molecule has 0 saturated heterocycles. The van der Waals surface area contributed by atoms with Crippen LogP contribution in [0.2, 0.25) is 5.28 Å². The van der Waals surface area contributed by atoms with Gasteiger partial charge in [0.25, 0.3) is 0 Å². The Morgan fingerprint density at radius 3 is 2.60 bits per heavy atom. The molecule has 0 atom stereocenters. The first-order valence-corrected chi connectivity index (χ1v) is 6.72. The van der Waals surface area contributed by atoms with E-state index in [1.54, 1.807) is 18.2 Å². The van der Waals surface area contributed by atoms with E-state index in [1.807, 2.05) is 24.8 Å². The molecule has 0 saturated carbocycles. The van der Waals surface area contributed by atoms with Gasteiger partial charge in [0.1, 0.15) is 0 Å². The molecule has 0 fully saturated rings. The minimum absolute atomic E-state index is 0.152. The summed E-state index contributed by atoms with van der Waals surface area (Å²) < 4.78 is 0. The summed E-state index contributed by atoms with van der Waals surface area (Å²) in [6, 6.07) is 9.20. The number of rotatable bonds is 4. The van der Waals surface area contributed by atoms with Gasteiger partial charge in [0.2, 0.25) is 11.2 Å². The zero-order valence-corrected chi connectivity index (χ0v) is 12.1. The molecular formula is C14H14ClN5. The van der Waals surface area contributed by atoms with Crippen LogP contribution in [0.5, 0.6) is 0 Å². The van der Waals surface area contributed by atoms with Gasteiger partial charge >= 0.3 is 0 Å². The monoisotopic (exact) mass is 287 g/mol. The Bertz CT molecular complexity index is 646. The molecule has 0 spiro atoms. The van der Waals surface area contributed by atoms with Crippen LogP contribution < -0.4 is 4.90 Å². The maximum absolute atomic E-state index is 8.95. The van der Waals surface area contributed by atoms with Crippen LogP contribution in [0.15, 0.2) is 24.3 Å². The molecule has 1 aromatic heterocycles. The Balaban J connectivity index is 2.49. The summed E-state index contributed by atoms with van der Waals surface area (Å²) in [6.07, 6.45) is 0. The SMILES string of the molecule is CCN(CC)c1nc(Cl)nc(-c2cccc(C#N)c2)n1. The van der Waals surface area contributed by atoms with Gasteiger partial charge in [-0.1, -0.05) is 12.1 Å². The van der Waals surface area contributed by atoms with Crippen LogP contribution in [-0.4, -0.2) is 28.0 Å². The summed E-state index contributed by atoms with van der Waals surface area (Å²) in [5, 5.41) is 9.10. The van der Waals surface area contributed by atoms with E-state index >= 15 is 0 Å². The van der Waals surface area contributed by atoms with Crippen LogP contribution in [0.25, 0.3) is 11.4 Å². The third kappa shape index (κ3) is 3.03. The Hall–Kier alpha value is -2.19. The van der Waals surface area contributed by atoms with Crippen LogP contribution in [0.3, 0.4) is 0 Å². The standard InChI is InChI=1S/C14H14ClN5/c1-3-20(4-2)14-18-12(17-13(15)19-14)11-7-5-6-10(8-11)9-16/h5-8H,3-4H2,1-2H3. The molecule has 0 N–H and O–H groups in total. The Labute approximate surface area is 122 Å². The maximum atomic E-state index is 8.95.